The SMILES string of the molecule is CC(C)(NSc1ccc(-c2cccc(CN)c2)cc1)/C(=C/N)NN. The number of benzene rings is 2. The van der Waals surface area contributed by atoms with Crippen LogP contribution in [0.4, 0.5) is 0 Å². The molecular formula is C18H25N5S. The van der Waals surface area contributed by atoms with Gasteiger partial charge in [-0.3, -0.25) is 5.84 Å². The highest BCUT2D eigenvalue weighted by Gasteiger charge is 2.22. The van der Waals surface area contributed by atoms with Gasteiger partial charge in [-0.25, -0.2) is 4.72 Å². The van der Waals surface area contributed by atoms with E-state index in [1.165, 1.54) is 29.3 Å². The highest BCUT2D eigenvalue weighted by molar-refractivity contribution is 7.97. The fraction of sp³-hybridized carbons (Fsp3) is 0.222. The van der Waals surface area contributed by atoms with E-state index < -0.39 is 0 Å². The molecule has 2 aromatic rings. The zero-order valence-corrected chi connectivity index (χ0v) is 14.9. The van der Waals surface area contributed by atoms with E-state index in [1.54, 1.807) is 0 Å². The van der Waals surface area contributed by atoms with Crippen molar-refractivity contribution in [3.05, 3.63) is 66.0 Å². The molecule has 0 bridgehead atoms. The monoisotopic (exact) mass is 343 g/mol. The lowest BCUT2D eigenvalue weighted by Gasteiger charge is -2.28. The molecule has 128 valence electrons. The molecule has 0 unspecified atom stereocenters. The van der Waals surface area contributed by atoms with Crippen LogP contribution in [0.1, 0.15) is 19.4 Å². The molecule has 0 fully saturated rings. The summed E-state index contributed by atoms with van der Waals surface area (Å²) in [4.78, 5) is 1.11. The maximum atomic E-state index is 5.71. The van der Waals surface area contributed by atoms with Crippen molar-refractivity contribution in [2.75, 3.05) is 0 Å². The molecular weight excluding hydrogens is 318 g/mol. The van der Waals surface area contributed by atoms with Gasteiger partial charge in [-0.2, -0.15) is 0 Å². The third-order valence-electron chi connectivity index (χ3n) is 3.77. The van der Waals surface area contributed by atoms with Crippen molar-refractivity contribution in [2.24, 2.45) is 17.3 Å². The Balaban J connectivity index is 2.07. The average molecular weight is 344 g/mol. The molecule has 0 aliphatic carbocycles. The Morgan fingerprint density at radius 1 is 1.12 bits per heavy atom. The van der Waals surface area contributed by atoms with Gasteiger partial charge in [0.15, 0.2) is 0 Å². The van der Waals surface area contributed by atoms with Crippen molar-refractivity contribution in [1.29, 1.82) is 0 Å². The summed E-state index contributed by atoms with van der Waals surface area (Å²) in [5.74, 6) is 5.49. The van der Waals surface area contributed by atoms with E-state index >= 15 is 0 Å². The van der Waals surface area contributed by atoms with Crippen LogP contribution in [0.25, 0.3) is 11.1 Å². The van der Waals surface area contributed by atoms with Crippen molar-refractivity contribution >= 4 is 11.9 Å². The van der Waals surface area contributed by atoms with Gasteiger partial charge in [0, 0.05) is 17.6 Å². The molecule has 24 heavy (non-hydrogen) atoms. The van der Waals surface area contributed by atoms with E-state index in [0.717, 1.165) is 16.2 Å². The number of hydrogen-bond acceptors (Lipinski definition) is 6. The van der Waals surface area contributed by atoms with Gasteiger partial charge in [-0.05, 0) is 60.7 Å². The highest BCUT2D eigenvalue weighted by atomic mass is 32.2. The molecule has 2 rings (SSSR count). The zero-order valence-electron chi connectivity index (χ0n) is 14.0. The Hall–Kier alpha value is -1.99. The van der Waals surface area contributed by atoms with E-state index in [2.05, 4.69) is 46.5 Å². The lowest BCUT2D eigenvalue weighted by Crippen LogP contribution is -2.44. The zero-order chi connectivity index (χ0) is 17.6. The van der Waals surface area contributed by atoms with Crippen molar-refractivity contribution in [3.63, 3.8) is 0 Å². The second-order valence-corrected chi connectivity index (χ2v) is 6.86. The Labute approximate surface area is 147 Å². The minimum absolute atomic E-state index is 0.373. The molecule has 8 N–H and O–H groups in total. The number of hydrazine groups is 1. The summed E-state index contributed by atoms with van der Waals surface area (Å²) in [7, 11) is 0. The molecule has 0 radical (unpaired) electrons. The van der Waals surface area contributed by atoms with Crippen LogP contribution in [0.5, 0.6) is 0 Å². The van der Waals surface area contributed by atoms with Crippen molar-refractivity contribution in [3.8, 4) is 11.1 Å². The van der Waals surface area contributed by atoms with Crippen LogP contribution in [-0.2, 0) is 6.54 Å². The predicted molar refractivity (Wildman–Crippen MR) is 102 cm³/mol. The third kappa shape index (κ3) is 4.52. The van der Waals surface area contributed by atoms with Crippen molar-refractivity contribution in [2.45, 2.75) is 30.8 Å². The van der Waals surface area contributed by atoms with E-state index in [4.69, 9.17) is 17.3 Å². The average Bonchev–Trinajstić information content (AvgIpc) is 2.61. The van der Waals surface area contributed by atoms with Crippen molar-refractivity contribution in [1.82, 2.24) is 10.1 Å². The predicted octanol–water partition coefficient (Wildman–Crippen LogP) is 2.45. The number of hydrogen-bond donors (Lipinski definition) is 5. The van der Waals surface area contributed by atoms with Gasteiger partial charge < -0.3 is 16.9 Å². The summed E-state index contributed by atoms with van der Waals surface area (Å²) < 4.78 is 3.36. The first-order valence-corrected chi connectivity index (χ1v) is 8.54. The summed E-state index contributed by atoms with van der Waals surface area (Å²) in [5, 5.41) is 0. The van der Waals surface area contributed by atoms with Gasteiger partial charge in [-0.1, -0.05) is 30.3 Å². The molecule has 2 aromatic carbocycles. The van der Waals surface area contributed by atoms with Crippen LogP contribution in [0.2, 0.25) is 0 Å². The first kappa shape index (κ1) is 18.4. The Morgan fingerprint density at radius 3 is 2.42 bits per heavy atom. The number of nitrogens with two attached hydrogens (primary N) is 3. The Kier molecular flexibility index (Phi) is 6.28. The summed E-state index contributed by atoms with van der Waals surface area (Å²) >= 11 is 1.54. The lowest BCUT2D eigenvalue weighted by molar-refractivity contribution is 0.520. The molecule has 0 saturated heterocycles. The molecule has 0 saturated carbocycles. The van der Waals surface area contributed by atoms with Gasteiger partial charge >= 0.3 is 0 Å². The summed E-state index contributed by atoms with van der Waals surface area (Å²) in [6.07, 6.45) is 1.47. The number of nitrogens with one attached hydrogen (secondary N) is 2. The highest BCUT2D eigenvalue weighted by Crippen LogP contribution is 2.26. The van der Waals surface area contributed by atoms with E-state index in [1.807, 2.05) is 26.0 Å². The van der Waals surface area contributed by atoms with Crippen molar-refractivity contribution < 1.29 is 0 Å². The fourth-order valence-corrected chi connectivity index (χ4v) is 3.03. The van der Waals surface area contributed by atoms with Gasteiger partial charge in [0.05, 0.1) is 11.2 Å². The van der Waals surface area contributed by atoms with Gasteiger partial charge in [0.2, 0.25) is 0 Å². The van der Waals surface area contributed by atoms with E-state index in [0.29, 0.717) is 6.54 Å². The normalized spacial score (nSPS) is 12.2. The van der Waals surface area contributed by atoms with Crippen LogP contribution in [-0.4, -0.2) is 5.54 Å². The van der Waals surface area contributed by atoms with Gasteiger partial charge in [0.1, 0.15) is 0 Å². The quantitative estimate of drug-likeness (QED) is 0.301. The maximum absolute atomic E-state index is 5.71. The van der Waals surface area contributed by atoms with Gasteiger partial charge in [0.25, 0.3) is 0 Å². The smallest absolute Gasteiger partial charge is 0.0652 e. The maximum Gasteiger partial charge on any atom is 0.0652 e. The summed E-state index contributed by atoms with van der Waals surface area (Å²) in [6, 6.07) is 16.7. The second-order valence-electron chi connectivity index (χ2n) is 5.98. The van der Waals surface area contributed by atoms with Crippen LogP contribution in [0.15, 0.2) is 65.3 Å². The minimum atomic E-state index is -0.373. The first-order chi connectivity index (χ1) is 11.5. The number of rotatable bonds is 7. The largest absolute Gasteiger partial charge is 0.403 e. The second kappa shape index (κ2) is 8.21. The first-order valence-electron chi connectivity index (χ1n) is 7.72. The summed E-state index contributed by atoms with van der Waals surface area (Å²) in [5.41, 5.74) is 17.7. The van der Waals surface area contributed by atoms with Gasteiger partial charge in [-0.15, -0.1) is 0 Å². The molecule has 0 aliphatic heterocycles. The fourth-order valence-electron chi connectivity index (χ4n) is 2.27. The topological polar surface area (TPSA) is 102 Å². The lowest BCUT2D eigenvalue weighted by atomic mass is 10.0. The molecule has 0 heterocycles. The molecule has 5 nitrogen and oxygen atoms in total. The molecule has 0 aliphatic rings. The van der Waals surface area contributed by atoms with Crippen LogP contribution in [0.3, 0.4) is 0 Å². The van der Waals surface area contributed by atoms with E-state index in [9.17, 15) is 0 Å². The standard InChI is InChI=1S/C18H25N5S/c1-18(2,17(12-20)22-21)23-24-16-8-6-14(7-9-16)15-5-3-4-13(10-15)11-19/h3-10,12,22-23H,11,19-21H2,1-2H3/b17-12-. The molecule has 0 amide bonds. The van der Waals surface area contributed by atoms with Crippen LogP contribution in [0, 0.1) is 0 Å². The minimum Gasteiger partial charge on any atom is -0.403 e. The van der Waals surface area contributed by atoms with E-state index in [-0.39, 0.29) is 5.54 Å². The molecule has 6 heteroatoms. The van der Waals surface area contributed by atoms with Crippen LogP contribution < -0.4 is 27.5 Å². The third-order valence-corrected chi connectivity index (χ3v) is 4.89. The van der Waals surface area contributed by atoms with Crippen LogP contribution >= 0.6 is 11.9 Å². The Bertz CT molecular complexity index is 695. The molecule has 0 aromatic heterocycles. The Morgan fingerprint density at radius 2 is 1.83 bits per heavy atom. The molecule has 0 spiro atoms. The summed E-state index contributed by atoms with van der Waals surface area (Å²) in [6.45, 7) is 4.56. The molecule has 0 atom stereocenters.